The zero-order valence-electron chi connectivity index (χ0n) is 29.5. The van der Waals surface area contributed by atoms with E-state index in [9.17, 15) is 0 Å². The van der Waals surface area contributed by atoms with Crippen LogP contribution in [0.5, 0.6) is 0 Å². The molecule has 0 bridgehead atoms. The molecule has 0 aliphatic heterocycles. The molecule has 7 aromatic carbocycles. The number of furan rings is 1. The second kappa shape index (κ2) is 10.7. The smallest absolute Gasteiger partial charge is 0.238 e. The highest BCUT2D eigenvalue weighted by Gasteiger charge is 2.36. The Hall–Kier alpha value is -6.63. The van der Waals surface area contributed by atoms with E-state index >= 15 is 0 Å². The van der Waals surface area contributed by atoms with Gasteiger partial charge < -0.3 is 4.42 Å². The minimum atomic E-state index is -0.159. The molecule has 0 unspecified atom stereocenters. The van der Waals surface area contributed by atoms with Gasteiger partial charge in [0.2, 0.25) is 5.95 Å². The molecule has 54 heavy (non-hydrogen) atoms. The Labute approximate surface area is 313 Å². The van der Waals surface area contributed by atoms with Gasteiger partial charge in [0.25, 0.3) is 0 Å². The van der Waals surface area contributed by atoms with Crippen LogP contribution in [0.25, 0.3) is 104 Å². The summed E-state index contributed by atoms with van der Waals surface area (Å²) < 4.78 is 11.1. The first-order chi connectivity index (χ1) is 26.5. The van der Waals surface area contributed by atoms with Crippen molar-refractivity contribution < 1.29 is 4.42 Å². The molecule has 0 saturated carbocycles. The number of benzene rings is 7. The van der Waals surface area contributed by atoms with Crippen LogP contribution in [0.1, 0.15) is 25.0 Å². The lowest BCUT2D eigenvalue weighted by Gasteiger charge is -2.21. The van der Waals surface area contributed by atoms with Gasteiger partial charge >= 0.3 is 0 Å². The van der Waals surface area contributed by atoms with Gasteiger partial charge in [-0.1, -0.05) is 105 Å². The van der Waals surface area contributed by atoms with Gasteiger partial charge in [-0.3, -0.25) is 4.57 Å². The molecule has 0 amide bonds. The first-order valence-corrected chi connectivity index (χ1v) is 19.1. The second-order valence-corrected chi connectivity index (χ2v) is 15.9. The predicted octanol–water partition coefficient (Wildman–Crippen LogP) is 12.9. The quantitative estimate of drug-likeness (QED) is 0.183. The van der Waals surface area contributed by atoms with Crippen LogP contribution in [0.2, 0.25) is 0 Å². The minimum absolute atomic E-state index is 0.159. The van der Waals surface area contributed by atoms with Crippen LogP contribution in [0, 0.1) is 0 Å². The normalized spacial score (nSPS) is 13.5. The number of thiophene rings is 1. The monoisotopic (exact) mass is 710 g/mol. The fourth-order valence-electron chi connectivity index (χ4n) is 8.92. The summed E-state index contributed by atoms with van der Waals surface area (Å²) in [6.07, 6.45) is 0. The first kappa shape index (κ1) is 29.9. The molecule has 1 aliphatic carbocycles. The van der Waals surface area contributed by atoms with Gasteiger partial charge in [-0.2, -0.15) is 9.97 Å². The molecular formula is C48H30N4OS. The number of para-hydroxylation sites is 2. The highest BCUT2D eigenvalue weighted by atomic mass is 32.1. The molecule has 6 heteroatoms. The van der Waals surface area contributed by atoms with Crippen molar-refractivity contribution in [3.05, 3.63) is 157 Å². The Morgan fingerprint density at radius 1 is 0.500 bits per heavy atom. The van der Waals surface area contributed by atoms with Gasteiger partial charge in [-0.15, -0.1) is 11.3 Å². The third-order valence-corrected chi connectivity index (χ3v) is 12.6. The molecule has 0 atom stereocenters. The number of fused-ring (bicyclic) bond motifs is 12. The van der Waals surface area contributed by atoms with Crippen molar-refractivity contribution in [3.63, 3.8) is 0 Å². The van der Waals surface area contributed by atoms with E-state index in [1.165, 1.54) is 47.8 Å². The molecule has 11 aromatic rings. The molecule has 0 radical (unpaired) electrons. The summed E-state index contributed by atoms with van der Waals surface area (Å²) in [5.41, 5.74) is 10.7. The predicted molar refractivity (Wildman–Crippen MR) is 223 cm³/mol. The third kappa shape index (κ3) is 4.06. The third-order valence-electron chi connectivity index (χ3n) is 11.5. The lowest BCUT2D eigenvalue weighted by molar-refractivity contribution is 0.661. The van der Waals surface area contributed by atoms with Crippen LogP contribution in [0.15, 0.2) is 150 Å². The summed E-state index contributed by atoms with van der Waals surface area (Å²) in [6, 6.07) is 51.7. The molecule has 0 spiro atoms. The van der Waals surface area contributed by atoms with Crippen molar-refractivity contribution in [3.8, 4) is 39.9 Å². The van der Waals surface area contributed by atoms with Crippen molar-refractivity contribution in [2.75, 3.05) is 0 Å². The number of aromatic nitrogens is 4. The summed E-state index contributed by atoms with van der Waals surface area (Å²) in [5, 5.41) is 6.81. The Balaban J connectivity index is 1.18. The van der Waals surface area contributed by atoms with Gasteiger partial charge in [-0.05, 0) is 76.9 Å². The van der Waals surface area contributed by atoms with E-state index in [2.05, 4.69) is 140 Å². The number of nitrogens with zero attached hydrogens (tertiary/aromatic N) is 4. The maximum atomic E-state index is 6.34. The fraction of sp³-hybridized carbons (Fsp3) is 0.0625. The molecule has 254 valence electrons. The van der Waals surface area contributed by atoms with Crippen LogP contribution in [-0.2, 0) is 5.41 Å². The SMILES string of the molecule is CC1(C)c2ccccc2-c2cc3c4ccccc4n(-c4nc(-c5ccc6sc7ccccc7c6c5)nc(-c5cccc6oc7ccccc7c56)n4)c3cc21. The van der Waals surface area contributed by atoms with Gasteiger partial charge in [-0.25, -0.2) is 4.98 Å². The van der Waals surface area contributed by atoms with Gasteiger partial charge in [0.1, 0.15) is 11.2 Å². The summed E-state index contributed by atoms with van der Waals surface area (Å²) >= 11 is 1.81. The Kier molecular flexibility index (Phi) is 5.93. The minimum Gasteiger partial charge on any atom is -0.456 e. The molecule has 4 heterocycles. The summed E-state index contributed by atoms with van der Waals surface area (Å²) in [7, 11) is 0. The highest BCUT2D eigenvalue weighted by Crippen LogP contribution is 2.51. The zero-order chi connectivity index (χ0) is 35.7. The van der Waals surface area contributed by atoms with E-state index in [1.54, 1.807) is 0 Å². The average molecular weight is 711 g/mol. The lowest BCUT2D eigenvalue weighted by Crippen LogP contribution is -2.15. The Morgan fingerprint density at radius 3 is 2.15 bits per heavy atom. The van der Waals surface area contributed by atoms with Crippen molar-refractivity contribution in [2.45, 2.75) is 19.3 Å². The standard InChI is InChI=1S/C48H30N4OS/c1-48(2)36-17-7-3-12-28(36)33-25-34-29-13-4-8-18-38(29)52(39(34)26-37(33)48)47-50-45(27-22-23-43-35(24-27)30-14-6-10-21-42(30)54-43)49-46(51-47)32-16-11-20-41-44(32)31-15-5-9-19-40(31)53-41/h3-26H,1-2H3. The Morgan fingerprint density at radius 2 is 1.22 bits per heavy atom. The molecule has 0 fully saturated rings. The van der Waals surface area contributed by atoms with Crippen LogP contribution in [0.3, 0.4) is 0 Å². The first-order valence-electron chi connectivity index (χ1n) is 18.3. The number of rotatable bonds is 3. The molecule has 0 saturated heterocycles. The fourth-order valence-corrected chi connectivity index (χ4v) is 10.0. The molecule has 1 aliphatic rings. The molecule has 12 rings (SSSR count). The topological polar surface area (TPSA) is 56.7 Å². The number of hydrogen-bond donors (Lipinski definition) is 0. The Bertz CT molecular complexity index is 3380. The van der Waals surface area contributed by atoms with Crippen LogP contribution in [0.4, 0.5) is 0 Å². The van der Waals surface area contributed by atoms with Gasteiger partial charge in [0, 0.05) is 58.3 Å². The maximum Gasteiger partial charge on any atom is 0.238 e. The number of hydrogen-bond acceptors (Lipinski definition) is 5. The van der Waals surface area contributed by atoms with Crippen molar-refractivity contribution in [1.82, 2.24) is 19.5 Å². The average Bonchev–Trinajstić information content (AvgIpc) is 3.93. The summed E-state index contributed by atoms with van der Waals surface area (Å²) in [6.45, 7) is 4.66. The summed E-state index contributed by atoms with van der Waals surface area (Å²) in [4.78, 5) is 16.0. The summed E-state index contributed by atoms with van der Waals surface area (Å²) in [5.74, 6) is 1.80. The van der Waals surface area contributed by atoms with Crippen molar-refractivity contribution >= 4 is 75.3 Å². The molecule has 4 aromatic heterocycles. The van der Waals surface area contributed by atoms with E-state index in [0.29, 0.717) is 17.6 Å². The van der Waals surface area contributed by atoms with Crippen LogP contribution < -0.4 is 0 Å². The van der Waals surface area contributed by atoms with Crippen LogP contribution >= 0.6 is 11.3 Å². The molecular weight excluding hydrogens is 681 g/mol. The molecule has 5 nitrogen and oxygen atoms in total. The van der Waals surface area contributed by atoms with E-state index in [-0.39, 0.29) is 5.41 Å². The van der Waals surface area contributed by atoms with E-state index in [4.69, 9.17) is 19.4 Å². The van der Waals surface area contributed by atoms with Crippen molar-refractivity contribution in [1.29, 1.82) is 0 Å². The second-order valence-electron chi connectivity index (χ2n) is 14.8. The maximum absolute atomic E-state index is 6.34. The highest BCUT2D eigenvalue weighted by molar-refractivity contribution is 7.25. The van der Waals surface area contributed by atoms with E-state index < -0.39 is 0 Å². The largest absolute Gasteiger partial charge is 0.456 e. The molecule has 0 N–H and O–H groups in total. The van der Waals surface area contributed by atoms with Gasteiger partial charge in [0.15, 0.2) is 11.6 Å². The van der Waals surface area contributed by atoms with Crippen molar-refractivity contribution in [2.24, 2.45) is 0 Å². The van der Waals surface area contributed by atoms with Gasteiger partial charge in [0.05, 0.1) is 11.0 Å². The van der Waals surface area contributed by atoms with E-state index in [0.717, 1.165) is 49.5 Å². The lowest BCUT2D eigenvalue weighted by atomic mass is 9.82. The zero-order valence-corrected chi connectivity index (χ0v) is 30.3. The van der Waals surface area contributed by atoms with E-state index in [1.807, 2.05) is 35.6 Å². The van der Waals surface area contributed by atoms with Crippen LogP contribution in [-0.4, -0.2) is 19.5 Å².